The molecule has 0 spiro atoms. The van der Waals surface area contributed by atoms with E-state index in [-0.39, 0.29) is 16.7 Å². The van der Waals surface area contributed by atoms with Crippen LogP contribution in [-0.2, 0) is 0 Å². The predicted molar refractivity (Wildman–Crippen MR) is 105 cm³/mol. The van der Waals surface area contributed by atoms with Crippen molar-refractivity contribution in [1.29, 1.82) is 0 Å². The molecule has 0 saturated heterocycles. The summed E-state index contributed by atoms with van der Waals surface area (Å²) in [7, 11) is 0. The molecule has 0 heterocycles. The lowest BCUT2D eigenvalue weighted by Gasteiger charge is -2.01. The summed E-state index contributed by atoms with van der Waals surface area (Å²) in [4.78, 5) is 0. The molecule has 3 aromatic rings. The van der Waals surface area contributed by atoms with Gasteiger partial charge in [0.2, 0.25) is 0 Å². The number of halogens is 4. The summed E-state index contributed by atoms with van der Waals surface area (Å²) >= 11 is 0. The zero-order chi connectivity index (χ0) is 21.1. The summed E-state index contributed by atoms with van der Waals surface area (Å²) in [6.07, 6.45) is 0. The lowest BCUT2D eigenvalue weighted by molar-refractivity contribution is 0.567. The van der Waals surface area contributed by atoms with E-state index in [9.17, 15) is 17.6 Å². The monoisotopic (exact) mass is 392 g/mol. The molecule has 0 fully saturated rings. The molecule has 0 radical (unpaired) electrons. The van der Waals surface area contributed by atoms with Crippen molar-refractivity contribution >= 4 is 0 Å². The van der Waals surface area contributed by atoms with Crippen LogP contribution in [0.4, 0.5) is 17.6 Å². The molecule has 0 aliphatic heterocycles. The van der Waals surface area contributed by atoms with Crippen LogP contribution in [0.15, 0.2) is 42.5 Å². The van der Waals surface area contributed by atoms with E-state index in [2.05, 4.69) is 23.7 Å². The molecular formula is C25H16F4. The van der Waals surface area contributed by atoms with Gasteiger partial charge in [0.1, 0.15) is 23.3 Å². The lowest BCUT2D eigenvalue weighted by atomic mass is 10.0. The van der Waals surface area contributed by atoms with Crippen LogP contribution in [0, 0.1) is 67.7 Å². The maximum absolute atomic E-state index is 14.3. The fraction of sp³-hybridized carbons (Fsp3) is 0.120. The van der Waals surface area contributed by atoms with Crippen molar-refractivity contribution in [2.24, 2.45) is 0 Å². The van der Waals surface area contributed by atoms with Gasteiger partial charge in [-0.1, -0.05) is 41.4 Å². The normalized spacial score (nSPS) is 10.0. The average molecular weight is 392 g/mol. The van der Waals surface area contributed by atoms with Crippen molar-refractivity contribution in [3.63, 3.8) is 0 Å². The summed E-state index contributed by atoms with van der Waals surface area (Å²) in [6, 6.07) is 9.94. The van der Waals surface area contributed by atoms with Gasteiger partial charge in [-0.3, -0.25) is 0 Å². The first-order chi connectivity index (χ1) is 13.7. The topological polar surface area (TPSA) is 0 Å². The van der Waals surface area contributed by atoms with Gasteiger partial charge in [0.05, 0.1) is 5.56 Å². The fourth-order valence-electron chi connectivity index (χ4n) is 2.71. The van der Waals surface area contributed by atoms with Crippen LogP contribution >= 0.6 is 0 Å². The number of benzene rings is 3. The first-order valence-corrected chi connectivity index (χ1v) is 8.80. The lowest BCUT2D eigenvalue weighted by Crippen LogP contribution is -1.94. The zero-order valence-electron chi connectivity index (χ0n) is 16.1. The van der Waals surface area contributed by atoms with Crippen LogP contribution in [-0.4, -0.2) is 0 Å². The van der Waals surface area contributed by atoms with E-state index < -0.39 is 28.8 Å². The Hall–Kier alpha value is -3.50. The van der Waals surface area contributed by atoms with Gasteiger partial charge in [0.15, 0.2) is 0 Å². The van der Waals surface area contributed by atoms with Gasteiger partial charge in [0, 0.05) is 22.3 Å². The first kappa shape index (κ1) is 20.2. The van der Waals surface area contributed by atoms with E-state index in [1.165, 1.54) is 6.92 Å². The number of hydrogen-bond donors (Lipinski definition) is 0. The van der Waals surface area contributed by atoms with E-state index >= 15 is 0 Å². The van der Waals surface area contributed by atoms with Crippen molar-refractivity contribution in [3.8, 4) is 23.7 Å². The fourth-order valence-corrected chi connectivity index (χ4v) is 2.71. The van der Waals surface area contributed by atoms with Crippen molar-refractivity contribution < 1.29 is 17.6 Å². The van der Waals surface area contributed by atoms with Gasteiger partial charge in [0.25, 0.3) is 0 Å². The Bertz CT molecular complexity index is 1190. The quantitative estimate of drug-likeness (QED) is 0.327. The Morgan fingerprint density at radius 2 is 1.10 bits per heavy atom. The van der Waals surface area contributed by atoms with Gasteiger partial charge >= 0.3 is 0 Å². The minimum atomic E-state index is -0.893. The van der Waals surface area contributed by atoms with E-state index in [1.807, 2.05) is 32.0 Å². The smallest absolute Gasteiger partial charge is 0.143 e. The molecule has 3 aromatic carbocycles. The second kappa shape index (κ2) is 8.25. The molecule has 0 bridgehead atoms. The number of rotatable bonds is 0. The third kappa shape index (κ3) is 4.68. The Morgan fingerprint density at radius 1 is 0.586 bits per heavy atom. The summed E-state index contributed by atoms with van der Waals surface area (Å²) in [6.45, 7) is 5.17. The molecule has 3 rings (SSSR count). The number of hydrogen-bond acceptors (Lipinski definition) is 0. The average Bonchev–Trinajstić information content (AvgIpc) is 2.64. The maximum Gasteiger partial charge on any atom is 0.143 e. The molecule has 144 valence electrons. The molecule has 0 amide bonds. The van der Waals surface area contributed by atoms with Crippen LogP contribution in [0.1, 0.15) is 38.9 Å². The van der Waals surface area contributed by atoms with E-state index in [4.69, 9.17) is 0 Å². The largest absolute Gasteiger partial charge is 0.207 e. The molecule has 0 N–H and O–H groups in total. The second-order valence-corrected chi connectivity index (χ2v) is 6.70. The van der Waals surface area contributed by atoms with Crippen LogP contribution in [0.3, 0.4) is 0 Å². The first-order valence-electron chi connectivity index (χ1n) is 8.80. The van der Waals surface area contributed by atoms with Crippen molar-refractivity contribution in [1.82, 2.24) is 0 Å². The van der Waals surface area contributed by atoms with Gasteiger partial charge < -0.3 is 0 Å². The van der Waals surface area contributed by atoms with Crippen molar-refractivity contribution in [2.75, 3.05) is 0 Å². The molecule has 0 nitrogen and oxygen atoms in total. The van der Waals surface area contributed by atoms with Crippen LogP contribution in [0.5, 0.6) is 0 Å². The minimum Gasteiger partial charge on any atom is -0.207 e. The van der Waals surface area contributed by atoms with Crippen LogP contribution < -0.4 is 0 Å². The van der Waals surface area contributed by atoms with Crippen molar-refractivity contribution in [2.45, 2.75) is 20.8 Å². The van der Waals surface area contributed by atoms with E-state index in [0.717, 1.165) is 41.0 Å². The Labute approximate surface area is 167 Å². The highest BCUT2D eigenvalue weighted by molar-refractivity contribution is 5.51. The standard InChI is InChI=1S/C25H16F4/c1-15-4-7-20(16(2)10-15)8-5-18-13-24(28)21(25(29)14-18)9-6-19-11-22(26)17(3)23(27)12-19/h4,7,10-14H,1-3H3. The number of aryl methyl sites for hydroxylation is 2. The molecule has 0 aliphatic carbocycles. The highest BCUT2D eigenvalue weighted by Crippen LogP contribution is 2.17. The molecule has 0 unspecified atom stereocenters. The summed E-state index contributed by atoms with van der Waals surface area (Å²) in [5.74, 6) is 7.02. The van der Waals surface area contributed by atoms with Gasteiger partial charge in [-0.15, -0.1) is 0 Å². The summed E-state index contributed by atoms with van der Waals surface area (Å²) in [5, 5.41) is 0. The third-order valence-electron chi connectivity index (χ3n) is 4.38. The molecular weight excluding hydrogens is 376 g/mol. The molecule has 0 saturated carbocycles. The SMILES string of the molecule is Cc1ccc(C#Cc2cc(F)c(C#Cc3cc(F)c(C)c(F)c3)c(F)c2)c(C)c1. The van der Waals surface area contributed by atoms with E-state index in [0.29, 0.717) is 0 Å². The Balaban J connectivity index is 1.93. The van der Waals surface area contributed by atoms with Gasteiger partial charge in [-0.25, -0.2) is 17.6 Å². The molecule has 29 heavy (non-hydrogen) atoms. The minimum absolute atomic E-state index is 0.0110. The molecule has 0 aliphatic rings. The third-order valence-corrected chi connectivity index (χ3v) is 4.38. The zero-order valence-corrected chi connectivity index (χ0v) is 16.1. The van der Waals surface area contributed by atoms with Crippen molar-refractivity contribution in [3.05, 3.63) is 105 Å². The van der Waals surface area contributed by atoms with Crippen LogP contribution in [0.2, 0.25) is 0 Å². The molecule has 4 heteroatoms. The predicted octanol–water partition coefficient (Wildman–Crippen LogP) is 5.97. The maximum atomic E-state index is 14.3. The van der Waals surface area contributed by atoms with Gasteiger partial charge in [-0.05, 0) is 56.7 Å². The highest BCUT2D eigenvalue weighted by Gasteiger charge is 2.09. The van der Waals surface area contributed by atoms with E-state index in [1.54, 1.807) is 0 Å². The highest BCUT2D eigenvalue weighted by atomic mass is 19.1. The van der Waals surface area contributed by atoms with Gasteiger partial charge in [-0.2, -0.15) is 0 Å². The van der Waals surface area contributed by atoms with Crippen LogP contribution in [0.25, 0.3) is 0 Å². The molecule has 0 aromatic heterocycles. The summed E-state index contributed by atoms with van der Waals surface area (Å²) < 4.78 is 55.8. The molecule has 0 atom stereocenters. The second-order valence-electron chi connectivity index (χ2n) is 6.70. The Kier molecular flexibility index (Phi) is 5.76. The Morgan fingerprint density at radius 3 is 1.66 bits per heavy atom. The summed E-state index contributed by atoms with van der Waals surface area (Å²) in [5.41, 5.74) is 2.37.